The molecule has 5 nitrogen and oxygen atoms in total. The van der Waals surface area contributed by atoms with Crippen LogP contribution in [0.5, 0.6) is 0 Å². The Hall–Kier alpha value is -2.64. The first-order chi connectivity index (χ1) is 13.5. The molecule has 140 valence electrons. The van der Waals surface area contributed by atoms with Crippen molar-refractivity contribution in [1.29, 1.82) is 0 Å². The molecular weight excluding hydrogens is 392 g/mol. The first-order valence-electron chi connectivity index (χ1n) is 8.93. The number of carbonyl (C=O) groups is 2. The molecule has 2 amide bonds. The van der Waals surface area contributed by atoms with E-state index < -0.39 is 11.2 Å². The van der Waals surface area contributed by atoms with E-state index in [1.54, 1.807) is 0 Å². The highest BCUT2D eigenvalue weighted by Crippen LogP contribution is 2.53. The van der Waals surface area contributed by atoms with Gasteiger partial charge in [-0.05, 0) is 24.6 Å². The SMILES string of the molecule is Cc1ccc(N2C(=O)[C@H]3[C@H](c4ccccc4)c4sc(=O)[nH]c4S[C@H]3C2=O)cc1. The lowest BCUT2D eigenvalue weighted by Gasteiger charge is -2.29. The number of thiazole rings is 1. The molecule has 1 fully saturated rings. The van der Waals surface area contributed by atoms with Gasteiger partial charge in [0, 0.05) is 10.8 Å². The van der Waals surface area contributed by atoms with E-state index in [2.05, 4.69) is 4.98 Å². The molecule has 1 saturated heterocycles. The maximum absolute atomic E-state index is 13.4. The van der Waals surface area contributed by atoms with Crippen LogP contribution in [0.15, 0.2) is 64.4 Å². The molecule has 5 rings (SSSR count). The number of thioether (sulfide) groups is 1. The second kappa shape index (κ2) is 6.46. The Balaban J connectivity index is 1.65. The van der Waals surface area contributed by atoms with Gasteiger partial charge in [0.2, 0.25) is 11.8 Å². The van der Waals surface area contributed by atoms with Gasteiger partial charge in [-0.25, -0.2) is 4.90 Å². The van der Waals surface area contributed by atoms with E-state index >= 15 is 0 Å². The van der Waals surface area contributed by atoms with Crippen LogP contribution >= 0.6 is 23.1 Å². The third-order valence-corrected chi connectivity index (χ3v) is 7.68. The van der Waals surface area contributed by atoms with Gasteiger partial charge in [-0.3, -0.25) is 14.4 Å². The number of hydrogen-bond acceptors (Lipinski definition) is 5. The fourth-order valence-corrected chi connectivity index (χ4v) is 6.50. The molecule has 1 aromatic heterocycles. The molecule has 0 aliphatic carbocycles. The smallest absolute Gasteiger partial charge is 0.305 e. The van der Waals surface area contributed by atoms with Gasteiger partial charge in [0.25, 0.3) is 0 Å². The Kier molecular flexibility index (Phi) is 4.03. The number of benzene rings is 2. The molecule has 0 saturated carbocycles. The van der Waals surface area contributed by atoms with Crippen LogP contribution in [0.3, 0.4) is 0 Å². The molecular formula is C21H16N2O3S2. The van der Waals surface area contributed by atoms with E-state index in [1.165, 1.54) is 16.7 Å². The lowest BCUT2D eigenvalue weighted by Crippen LogP contribution is -2.32. The van der Waals surface area contributed by atoms with Crippen LogP contribution in [0.1, 0.15) is 21.9 Å². The molecule has 3 heterocycles. The number of H-pyrrole nitrogens is 1. The molecule has 3 atom stereocenters. The predicted octanol–water partition coefficient (Wildman–Crippen LogP) is 3.54. The standard InChI is InChI=1S/C21H16N2O3S2/c1-11-7-9-13(10-8-11)23-19(24)15-14(12-5-3-2-4-6-12)16-18(22-21(26)28-16)27-17(15)20(23)25/h2-10,14-15,17H,1H3,(H,22,26)/t14-,15-,17+/m0/s1. The molecule has 2 aliphatic heterocycles. The number of aryl methyl sites for hydroxylation is 1. The zero-order valence-electron chi connectivity index (χ0n) is 14.9. The van der Waals surface area contributed by atoms with E-state index in [0.717, 1.165) is 27.3 Å². The van der Waals surface area contributed by atoms with Crippen molar-refractivity contribution in [1.82, 2.24) is 4.98 Å². The number of rotatable bonds is 2. The summed E-state index contributed by atoms with van der Waals surface area (Å²) in [5, 5.41) is 0.161. The van der Waals surface area contributed by atoms with E-state index in [1.807, 2.05) is 61.5 Å². The lowest BCUT2D eigenvalue weighted by molar-refractivity contribution is -0.122. The maximum atomic E-state index is 13.4. The Morgan fingerprint density at radius 1 is 0.929 bits per heavy atom. The summed E-state index contributed by atoms with van der Waals surface area (Å²) >= 11 is 2.43. The number of aromatic nitrogens is 1. The number of nitrogens with zero attached hydrogens (tertiary/aromatic N) is 1. The van der Waals surface area contributed by atoms with Crippen LogP contribution < -0.4 is 9.77 Å². The fourth-order valence-electron chi connectivity index (χ4n) is 3.98. The predicted molar refractivity (Wildman–Crippen MR) is 110 cm³/mol. The third-order valence-electron chi connectivity index (χ3n) is 5.27. The van der Waals surface area contributed by atoms with Gasteiger partial charge in [0.05, 0.1) is 16.6 Å². The van der Waals surface area contributed by atoms with Crippen molar-refractivity contribution in [3.8, 4) is 0 Å². The van der Waals surface area contributed by atoms with Crippen LogP contribution in [0.4, 0.5) is 5.69 Å². The zero-order valence-corrected chi connectivity index (χ0v) is 16.5. The van der Waals surface area contributed by atoms with Crippen LogP contribution in [0, 0.1) is 12.8 Å². The summed E-state index contributed by atoms with van der Waals surface area (Å²) in [4.78, 5) is 43.5. The van der Waals surface area contributed by atoms with Crippen LogP contribution in [-0.2, 0) is 9.59 Å². The Bertz CT molecular complexity index is 1130. The average Bonchev–Trinajstić information content (AvgIpc) is 3.18. The third kappa shape index (κ3) is 2.57. The quantitative estimate of drug-likeness (QED) is 0.659. The zero-order chi connectivity index (χ0) is 19.4. The van der Waals surface area contributed by atoms with E-state index in [4.69, 9.17) is 0 Å². The molecule has 0 spiro atoms. The minimum atomic E-state index is -0.545. The molecule has 0 bridgehead atoms. The summed E-state index contributed by atoms with van der Waals surface area (Å²) in [5.41, 5.74) is 2.61. The number of hydrogen-bond donors (Lipinski definition) is 1. The minimum absolute atomic E-state index is 0.159. The lowest BCUT2D eigenvalue weighted by atomic mass is 9.83. The van der Waals surface area contributed by atoms with Gasteiger partial charge in [0.15, 0.2) is 0 Å². The highest BCUT2D eigenvalue weighted by atomic mass is 32.2. The van der Waals surface area contributed by atoms with Gasteiger partial charge < -0.3 is 4.98 Å². The average molecular weight is 409 g/mol. The largest absolute Gasteiger partial charge is 0.307 e. The summed E-state index contributed by atoms with van der Waals surface area (Å²) in [6.45, 7) is 1.97. The second-order valence-electron chi connectivity index (χ2n) is 7.01. The monoisotopic (exact) mass is 408 g/mol. The summed E-state index contributed by atoms with van der Waals surface area (Å²) in [5.74, 6) is -1.26. The molecule has 28 heavy (non-hydrogen) atoms. The first-order valence-corrected chi connectivity index (χ1v) is 10.6. The van der Waals surface area contributed by atoms with Crippen molar-refractivity contribution in [3.05, 3.63) is 80.3 Å². The summed E-state index contributed by atoms with van der Waals surface area (Å²) in [7, 11) is 0. The minimum Gasteiger partial charge on any atom is -0.307 e. The fraction of sp³-hybridized carbons (Fsp3) is 0.190. The highest BCUT2D eigenvalue weighted by molar-refractivity contribution is 8.00. The number of fused-ring (bicyclic) bond motifs is 2. The van der Waals surface area contributed by atoms with Crippen molar-refractivity contribution in [3.63, 3.8) is 0 Å². The number of imide groups is 1. The number of amides is 2. The van der Waals surface area contributed by atoms with E-state index in [9.17, 15) is 14.4 Å². The molecule has 1 N–H and O–H groups in total. The number of nitrogens with one attached hydrogen (secondary N) is 1. The summed E-state index contributed by atoms with van der Waals surface area (Å²) in [6.07, 6.45) is 0. The van der Waals surface area contributed by atoms with Crippen molar-refractivity contribution in [2.24, 2.45) is 5.92 Å². The van der Waals surface area contributed by atoms with Gasteiger partial charge in [-0.15, -0.1) is 0 Å². The Morgan fingerprint density at radius 3 is 2.36 bits per heavy atom. The topological polar surface area (TPSA) is 70.2 Å². The summed E-state index contributed by atoms with van der Waals surface area (Å²) in [6, 6.07) is 17.1. The number of anilines is 1. The molecule has 3 aromatic rings. The van der Waals surface area contributed by atoms with Crippen molar-refractivity contribution in [2.75, 3.05) is 4.90 Å². The highest BCUT2D eigenvalue weighted by Gasteiger charge is 2.56. The van der Waals surface area contributed by atoms with Gasteiger partial charge in [-0.2, -0.15) is 0 Å². The van der Waals surface area contributed by atoms with E-state index in [0.29, 0.717) is 10.7 Å². The Morgan fingerprint density at radius 2 is 1.64 bits per heavy atom. The van der Waals surface area contributed by atoms with Gasteiger partial charge in [-0.1, -0.05) is 71.1 Å². The second-order valence-corrected chi connectivity index (χ2v) is 9.17. The molecule has 2 aliphatic rings. The number of aromatic amines is 1. The van der Waals surface area contributed by atoms with Crippen molar-refractivity contribution >= 4 is 40.6 Å². The first kappa shape index (κ1) is 17.5. The van der Waals surface area contributed by atoms with Gasteiger partial charge in [0.1, 0.15) is 5.25 Å². The summed E-state index contributed by atoms with van der Waals surface area (Å²) < 4.78 is 0. The Labute approximate surface area is 169 Å². The molecule has 0 radical (unpaired) electrons. The van der Waals surface area contributed by atoms with E-state index in [-0.39, 0.29) is 22.6 Å². The molecule has 2 aromatic carbocycles. The van der Waals surface area contributed by atoms with Crippen LogP contribution in [0.25, 0.3) is 0 Å². The van der Waals surface area contributed by atoms with Crippen LogP contribution in [-0.4, -0.2) is 22.0 Å². The van der Waals surface area contributed by atoms with Gasteiger partial charge >= 0.3 is 4.87 Å². The van der Waals surface area contributed by atoms with Crippen molar-refractivity contribution in [2.45, 2.75) is 23.1 Å². The van der Waals surface area contributed by atoms with Crippen LogP contribution in [0.2, 0.25) is 0 Å². The number of carbonyl (C=O) groups excluding carboxylic acids is 2. The maximum Gasteiger partial charge on any atom is 0.305 e. The molecule has 7 heteroatoms. The molecule has 0 unspecified atom stereocenters. The van der Waals surface area contributed by atoms with Crippen molar-refractivity contribution < 1.29 is 9.59 Å². The normalized spacial score (nSPS) is 23.6.